The third-order valence-electron chi connectivity index (χ3n) is 5.45. The Morgan fingerprint density at radius 1 is 0.949 bits per heavy atom. The van der Waals surface area contributed by atoms with Gasteiger partial charge in [0.15, 0.2) is 11.5 Å². The van der Waals surface area contributed by atoms with Crippen LogP contribution in [-0.2, 0) is 11.0 Å². The van der Waals surface area contributed by atoms with E-state index >= 15 is 0 Å². The van der Waals surface area contributed by atoms with Crippen LogP contribution in [0.3, 0.4) is 0 Å². The van der Waals surface area contributed by atoms with Crippen LogP contribution >= 0.6 is 11.6 Å². The van der Waals surface area contributed by atoms with Crippen LogP contribution in [0, 0.1) is 0 Å². The highest BCUT2D eigenvalue weighted by molar-refractivity contribution is 6.30. The lowest BCUT2D eigenvalue weighted by molar-refractivity contribution is -0.152. The molecule has 0 aliphatic carbocycles. The predicted octanol–water partition coefficient (Wildman–Crippen LogP) is 7.55. The first-order valence-corrected chi connectivity index (χ1v) is 12.2. The molecule has 202 valence electrons. The van der Waals surface area contributed by atoms with Gasteiger partial charge in [0.2, 0.25) is 11.2 Å². The van der Waals surface area contributed by atoms with Crippen LogP contribution in [0.2, 0.25) is 5.02 Å². The van der Waals surface area contributed by atoms with Gasteiger partial charge in [-0.3, -0.25) is 4.79 Å². The minimum Gasteiger partial charge on any atom is -0.490 e. The van der Waals surface area contributed by atoms with Gasteiger partial charge >= 0.3 is 12.1 Å². The summed E-state index contributed by atoms with van der Waals surface area (Å²) in [4.78, 5) is 25.5. The van der Waals surface area contributed by atoms with Crippen LogP contribution in [0.15, 0.2) is 76.0 Å². The molecular weight excluding hydrogens is 537 g/mol. The van der Waals surface area contributed by atoms with Crippen LogP contribution in [0.5, 0.6) is 17.2 Å². The molecule has 1 heterocycles. The van der Waals surface area contributed by atoms with Crippen LogP contribution in [0.4, 0.5) is 13.2 Å². The molecule has 10 heteroatoms. The molecule has 0 atom stereocenters. The van der Waals surface area contributed by atoms with E-state index < -0.39 is 28.9 Å². The number of hydrogen-bond acceptors (Lipinski definition) is 6. The average molecular weight is 559 g/mol. The van der Waals surface area contributed by atoms with Gasteiger partial charge in [-0.15, -0.1) is 0 Å². The minimum absolute atomic E-state index is 0.00444. The lowest BCUT2D eigenvalue weighted by Gasteiger charge is -2.13. The Morgan fingerprint density at radius 2 is 1.64 bits per heavy atom. The molecule has 0 saturated heterocycles. The molecule has 0 amide bonds. The van der Waals surface area contributed by atoms with E-state index in [2.05, 4.69) is 0 Å². The molecule has 1 aromatic heterocycles. The second-order valence-electron chi connectivity index (χ2n) is 8.12. The van der Waals surface area contributed by atoms with Gasteiger partial charge in [0.05, 0.1) is 24.2 Å². The number of halogens is 4. The molecule has 6 nitrogen and oxygen atoms in total. The maximum atomic E-state index is 13.9. The molecule has 0 unspecified atom stereocenters. The standard InChI is InChI=1S/C29H22ClF3O6/c1-3-36-22-13-5-17(15-24(22)37-4-2)6-14-25(34)38-20-11-12-21-23(16-20)39-28(29(31,32)33)26(27(21)35)18-7-9-19(30)10-8-18/h5-16H,3-4H2,1-2H3. The molecule has 4 aromatic rings. The van der Waals surface area contributed by atoms with Crippen molar-refractivity contribution in [3.63, 3.8) is 0 Å². The summed E-state index contributed by atoms with van der Waals surface area (Å²) in [6.45, 7) is 4.56. The van der Waals surface area contributed by atoms with Crippen LogP contribution in [-0.4, -0.2) is 19.2 Å². The van der Waals surface area contributed by atoms with Crippen LogP contribution in [0.25, 0.3) is 28.2 Å². The molecule has 0 bridgehead atoms. The molecule has 0 aliphatic heterocycles. The average Bonchev–Trinajstić information content (AvgIpc) is 2.89. The maximum absolute atomic E-state index is 13.9. The largest absolute Gasteiger partial charge is 0.490 e. The van der Waals surface area contributed by atoms with E-state index in [0.29, 0.717) is 35.3 Å². The van der Waals surface area contributed by atoms with Gasteiger partial charge in [-0.05, 0) is 67.4 Å². The number of esters is 1. The number of ether oxygens (including phenoxy) is 3. The van der Waals surface area contributed by atoms with Crippen molar-refractivity contribution in [2.24, 2.45) is 0 Å². The maximum Gasteiger partial charge on any atom is 0.450 e. The Hall–Kier alpha value is -4.24. The molecule has 4 rings (SSSR count). The number of fused-ring (bicyclic) bond motifs is 1. The molecule has 39 heavy (non-hydrogen) atoms. The van der Waals surface area contributed by atoms with E-state index in [9.17, 15) is 22.8 Å². The molecule has 0 N–H and O–H groups in total. The Balaban J connectivity index is 1.63. The second kappa shape index (κ2) is 11.7. The number of hydrogen-bond donors (Lipinski definition) is 0. The fourth-order valence-electron chi connectivity index (χ4n) is 3.80. The predicted molar refractivity (Wildman–Crippen MR) is 141 cm³/mol. The molecule has 0 fully saturated rings. The molecule has 0 radical (unpaired) electrons. The van der Waals surface area contributed by atoms with E-state index in [-0.39, 0.29) is 22.3 Å². The zero-order chi connectivity index (χ0) is 28.2. The van der Waals surface area contributed by atoms with E-state index in [4.69, 9.17) is 30.2 Å². The molecule has 0 spiro atoms. The highest BCUT2D eigenvalue weighted by Gasteiger charge is 2.39. The summed E-state index contributed by atoms with van der Waals surface area (Å²) >= 11 is 5.84. The van der Waals surface area contributed by atoms with Crippen molar-refractivity contribution in [2.75, 3.05) is 13.2 Å². The summed E-state index contributed by atoms with van der Waals surface area (Å²) in [5.74, 6) is -1.29. The van der Waals surface area contributed by atoms with E-state index in [1.807, 2.05) is 13.8 Å². The van der Waals surface area contributed by atoms with Gasteiger partial charge in [-0.2, -0.15) is 13.2 Å². The summed E-state index contributed by atoms with van der Waals surface area (Å²) in [5, 5.41) is 0.191. The zero-order valence-electron chi connectivity index (χ0n) is 20.8. The Morgan fingerprint density at radius 3 is 2.31 bits per heavy atom. The first-order chi connectivity index (χ1) is 18.6. The van der Waals surface area contributed by atoms with E-state index in [1.165, 1.54) is 42.5 Å². The first-order valence-electron chi connectivity index (χ1n) is 11.8. The highest BCUT2D eigenvalue weighted by atomic mass is 35.5. The van der Waals surface area contributed by atoms with E-state index in [1.54, 1.807) is 18.2 Å². The Labute approximate surface area is 226 Å². The highest BCUT2D eigenvalue weighted by Crippen LogP contribution is 2.38. The Bertz CT molecular complexity index is 1590. The lowest BCUT2D eigenvalue weighted by atomic mass is 10.0. The van der Waals surface area contributed by atoms with Gasteiger partial charge in [0, 0.05) is 17.2 Å². The number of benzene rings is 3. The SMILES string of the molecule is CCOc1ccc(C=CC(=O)Oc2ccc3c(=O)c(-c4ccc(Cl)cc4)c(C(F)(F)F)oc3c2)cc1OCC. The van der Waals surface area contributed by atoms with Gasteiger partial charge < -0.3 is 18.6 Å². The summed E-state index contributed by atoms with van der Waals surface area (Å²) in [5.41, 5.74) is -1.27. The van der Waals surface area contributed by atoms with Crippen LogP contribution in [0.1, 0.15) is 25.2 Å². The monoisotopic (exact) mass is 558 g/mol. The van der Waals surface area contributed by atoms with E-state index in [0.717, 1.165) is 12.1 Å². The van der Waals surface area contributed by atoms with Gasteiger partial charge in [-0.25, -0.2) is 4.79 Å². The van der Waals surface area contributed by atoms with Crippen molar-refractivity contribution >= 4 is 34.6 Å². The summed E-state index contributed by atoms with van der Waals surface area (Å²) in [7, 11) is 0. The normalized spacial score (nSPS) is 11.6. The topological polar surface area (TPSA) is 75.0 Å². The fraction of sp³-hybridized carbons (Fsp3) is 0.172. The molecule has 0 aliphatic rings. The van der Waals surface area contributed by atoms with Gasteiger partial charge in [-0.1, -0.05) is 29.8 Å². The number of carbonyl (C=O) groups is 1. The second-order valence-corrected chi connectivity index (χ2v) is 8.56. The smallest absolute Gasteiger partial charge is 0.450 e. The van der Waals surface area contributed by atoms with Crippen molar-refractivity contribution in [1.82, 2.24) is 0 Å². The van der Waals surface area contributed by atoms with Crippen molar-refractivity contribution in [2.45, 2.75) is 20.0 Å². The van der Waals surface area contributed by atoms with Crippen molar-refractivity contribution in [3.8, 4) is 28.4 Å². The molecular formula is C29H22ClF3O6. The molecule has 3 aromatic carbocycles. The van der Waals surface area contributed by atoms with Crippen LogP contribution < -0.4 is 19.6 Å². The lowest BCUT2D eigenvalue weighted by Crippen LogP contribution is -2.16. The number of rotatable bonds is 8. The fourth-order valence-corrected chi connectivity index (χ4v) is 3.93. The van der Waals surface area contributed by atoms with Crippen molar-refractivity contribution in [3.05, 3.63) is 93.3 Å². The third-order valence-corrected chi connectivity index (χ3v) is 5.70. The summed E-state index contributed by atoms with van der Waals surface area (Å²) < 4.78 is 63.1. The summed E-state index contributed by atoms with van der Waals surface area (Å²) in [6, 6.07) is 14.1. The van der Waals surface area contributed by atoms with Gasteiger partial charge in [0.1, 0.15) is 11.3 Å². The first kappa shape index (κ1) is 27.8. The number of carbonyl (C=O) groups excluding carboxylic acids is 1. The van der Waals surface area contributed by atoms with Crippen molar-refractivity contribution in [1.29, 1.82) is 0 Å². The summed E-state index contributed by atoms with van der Waals surface area (Å²) in [6.07, 6.45) is -2.33. The Kier molecular flexibility index (Phi) is 8.30. The quantitative estimate of drug-likeness (QED) is 0.126. The number of alkyl halides is 3. The zero-order valence-corrected chi connectivity index (χ0v) is 21.6. The molecule has 0 saturated carbocycles. The minimum atomic E-state index is -4.96. The third kappa shape index (κ3) is 6.43. The van der Waals surface area contributed by atoms with Gasteiger partial charge in [0.25, 0.3) is 0 Å². The van der Waals surface area contributed by atoms with Crippen molar-refractivity contribution < 1.29 is 36.6 Å².